The summed E-state index contributed by atoms with van der Waals surface area (Å²) in [5.74, 6) is -2.20. The van der Waals surface area contributed by atoms with E-state index < -0.39 is 41.9 Å². The van der Waals surface area contributed by atoms with Crippen molar-refractivity contribution in [1.29, 1.82) is 0 Å². The molecule has 4 rings (SSSR count). The Morgan fingerprint density at radius 3 is 2.45 bits per heavy atom. The number of benzene rings is 3. The Bertz CT molecular complexity index is 1580. The third-order valence-electron chi connectivity index (χ3n) is 5.80. The number of carboxylic acids is 1. The Balaban J connectivity index is 1.58. The van der Waals surface area contributed by atoms with Gasteiger partial charge in [0.25, 0.3) is 11.8 Å². The number of carbonyl (C=O) groups is 3. The number of hydrazone groups is 1. The number of ether oxygens (including phenoxy) is 3. The summed E-state index contributed by atoms with van der Waals surface area (Å²) in [5, 5.41) is 15.8. The molecule has 13 heteroatoms. The molecule has 0 spiro atoms. The number of hydrogen-bond donors (Lipinski definition) is 2. The van der Waals surface area contributed by atoms with Gasteiger partial charge in [-0.1, -0.05) is 24.3 Å². The molecule has 0 atom stereocenters. The fourth-order valence-corrected chi connectivity index (χ4v) is 3.95. The van der Waals surface area contributed by atoms with Gasteiger partial charge < -0.3 is 24.6 Å². The van der Waals surface area contributed by atoms with Gasteiger partial charge in [0.05, 0.1) is 36.2 Å². The van der Waals surface area contributed by atoms with Crippen LogP contribution in [0, 0.1) is 0 Å². The lowest BCUT2D eigenvalue weighted by Gasteiger charge is -2.14. The van der Waals surface area contributed by atoms with Gasteiger partial charge in [-0.3, -0.25) is 9.59 Å². The largest absolute Gasteiger partial charge is 0.495 e. The SMILES string of the molecule is CCOc1cc(C=C2C(=O)N(c3cccc(C(=O)O)c3)N=C2C(F)(F)F)ccc1OCC(=O)Nc1ccccc1OC. The van der Waals surface area contributed by atoms with Crippen LogP contribution in [-0.2, 0) is 9.59 Å². The number of carbonyl (C=O) groups excluding carboxylic acids is 2. The van der Waals surface area contributed by atoms with E-state index in [9.17, 15) is 32.7 Å². The van der Waals surface area contributed by atoms with Gasteiger partial charge in [-0.25, -0.2) is 4.79 Å². The summed E-state index contributed by atoms with van der Waals surface area (Å²) in [4.78, 5) is 36.8. The Labute approximate surface area is 237 Å². The normalized spacial score (nSPS) is 14.0. The third kappa shape index (κ3) is 6.69. The highest BCUT2D eigenvalue weighted by atomic mass is 19.4. The van der Waals surface area contributed by atoms with Gasteiger partial charge in [0.15, 0.2) is 23.8 Å². The van der Waals surface area contributed by atoms with Gasteiger partial charge in [0.2, 0.25) is 0 Å². The van der Waals surface area contributed by atoms with Crippen molar-refractivity contribution in [2.45, 2.75) is 13.1 Å². The number of methoxy groups -OCH3 is 1. The first-order valence-corrected chi connectivity index (χ1v) is 12.4. The number of para-hydroxylation sites is 2. The molecule has 2 amide bonds. The molecule has 0 bridgehead atoms. The van der Waals surface area contributed by atoms with Crippen LogP contribution in [-0.4, -0.2) is 55.1 Å². The van der Waals surface area contributed by atoms with Crippen LogP contribution in [0.1, 0.15) is 22.8 Å². The minimum atomic E-state index is -4.98. The first-order valence-electron chi connectivity index (χ1n) is 12.4. The summed E-state index contributed by atoms with van der Waals surface area (Å²) in [5.41, 5.74) is -1.97. The van der Waals surface area contributed by atoms with E-state index in [4.69, 9.17) is 14.2 Å². The third-order valence-corrected chi connectivity index (χ3v) is 5.80. The lowest BCUT2D eigenvalue weighted by Crippen LogP contribution is -2.25. The maximum absolute atomic E-state index is 13.9. The number of amides is 2. The van der Waals surface area contributed by atoms with Gasteiger partial charge in [-0.05, 0) is 61.0 Å². The highest BCUT2D eigenvalue weighted by Gasteiger charge is 2.46. The van der Waals surface area contributed by atoms with Crippen molar-refractivity contribution < 1.29 is 46.9 Å². The molecule has 3 aromatic carbocycles. The maximum Gasteiger partial charge on any atom is 0.435 e. The zero-order chi connectivity index (χ0) is 30.4. The van der Waals surface area contributed by atoms with Gasteiger partial charge in [-0.2, -0.15) is 23.3 Å². The smallest absolute Gasteiger partial charge is 0.435 e. The molecular formula is C29H24F3N3O7. The molecule has 0 radical (unpaired) electrons. The van der Waals surface area contributed by atoms with Crippen LogP contribution in [0.3, 0.4) is 0 Å². The van der Waals surface area contributed by atoms with E-state index in [-0.39, 0.29) is 34.9 Å². The molecule has 0 aromatic heterocycles. The van der Waals surface area contributed by atoms with E-state index in [0.29, 0.717) is 16.4 Å². The van der Waals surface area contributed by atoms with Crippen LogP contribution >= 0.6 is 0 Å². The lowest BCUT2D eigenvalue weighted by atomic mass is 10.1. The zero-order valence-corrected chi connectivity index (χ0v) is 22.3. The quantitative estimate of drug-likeness (QED) is 0.316. The summed E-state index contributed by atoms with van der Waals surface area (Å²) < 4.78 is 58.0. The Morgan fingerprint density at radius 2 is 1.76 bits per heavy atom. The molecule has 0 saturated carbocycles. The van der Waals surface area contributed by atoms with E-state index >= 15 is 0 Å². The van der Waals surface area contributed by atoms with Crippen molar-refractivity contribution in [1.82, 2.24) is 0 Å². The number of anilines is 2. The van der Waals surface area contributed by atoms with Crippen LogP contribution in [0.4, 0.5) is 24.5 Å². The van der Waals surface area contributed by atoms with Gasteiger partial charge in [0.1, 0.15) is 5.75 Å². The average Bonchev–Trinajstić information content (AvgIpc) is 3.29. The van der Waals surface area contributed by atoms with Crippen LogP contribution < -0.4 is 24.5 Å². The Morgan fingerprint density at radius 1 is 1.00 bits per heavy atom. The van der Waals surface area contributed by atoms with E-state index in [1.807, 2.05) is 0 Å². The summed E-state index contributed by atoms with van der Waals surface area (Å²) in [6.45, 7) is 1.44. The van der Waals surface area contributed by atoms with Crippen molar-refractivity contribution >= 4 is 40.9 Å². The molecule has 1 aliphatic rings. The van der Waals surface area contributed by atoms with Gasteiger partial charge in [-0.15, -0.1) is 0 Å². The Hall–Kier alpha value is -5.33. The topological polar surface area (TPSA) is 127 Å². The summed E-state index contributed by atoms with van der Waals surface area (Å²) in [6, 6.07) is 15.8. The molecule has 2 N–H and O–H groups in total. The number of aromatic carboxylic acids is 1. The van der Waals surface area contributed by atoms with Crippen molar-refractivity contribution in [2.75, 3.05) is 30.6 Å². The minimum Gasteiger partial charge on any atom is -0.495 e. The van der Waals surface area contributed by atoms with Crippen molar-refractivity contribution in [2.24, 2.45) is 5.10 Å². The van der Waals surface area contributed by atoms with Crippen molar-refractivity contribution in [3.63, 3.8) is 0 Å². The first-order chi connectivity index (χ1) is 20.0. The molecular weight excluding hydrogens is 559 g/mol. The first kappa shape index (κ1) is 29.6. The monoisotopic (exact) mass is 583 g/mol. The van der Waals surface area contributed by atoms with Gasteiger partial charge >= 0.3 is 12.1 Å². The van der Waals surface area contributed by atoms with Crippen LogP contribution in [0.2, 0.25) is 0 Å². The molecule has 1 aliphatic heterocycles. The Kier molecular flexibility index (Phi) is 8.79. The second-order valence-corrected chi connectivity index (χ2v) is 8.65. The fraction of sp³-hybridized carbons (Fsp3) is 0.172. The second kappa shape index (κ2) is 12.5. The number of alkyl halides is 3. The van der Waals surface area contributed by atoms with Crippen LogP contribution in [0.5, 0.6) is 17.2 Å². The molecule has 0 fully saturated rings. The number of hydrogen-bond acceptors (Lipinski definition) is 7. The highest BCUT2D eigenvalue weighted by molar-refractivity contribution is 6.34. The molecule has 42 heavy (non-hydrogen) atoms. The predicted molar refractivity (Wildman–Crippen MR) is 147 cm³/mol. The highest BCUT2D eigenvalue weighted by Crippen LogP contribution is 2.35. The molecule has 218 valence electrons. The number of nitrogens with one attached hydrogen (secondary N) is 1. The van der Waals surface area contributed by atoms with Crippen molar-refractivity contribution in [3.8, 4) is 17.2 Å². The zero-order valence-electron chi connectivity index (χ0n) is 22.3. The number of nitrogens with zero attached hydrogens (tertiary/aromatic N) is 2. The lowest BCUT2D eigenvalue weighted by molar-refractivity contribution is -0.118. The van der Waals surface area contributed by atoms with E-state index in [1.54, 1.807) is 31.2 Å². The standard InChI is InChI=1S/C29H24F3N3O7/c1-3-41-24-14-17(11-12-23(24)42-16-25(36)33-21-9-4-5-10-22(21)40-2)13-20-26(29(30,31)32)34-35(27(20)37)19-8-6-7-18(15-19)28(38)39/h4-15H,3,16H2,1-2H3,(H,33,36)(H,38,39). The summed E-state index contributed by atoms with van der Waals surface area (Å²) in [7, 11) is 1.46. The maximum atomic E-state index is 13.9. The molecule has 0 unspecified atom stereocenters. The van der Waals surface area contributed by atoms with Gasteiger partial charge in [0, 0.05) is 0 Å². The van der Waals surface area contributed by atoms with E-state index in [0.717, 1.165) is 12.1 Å². The molecule has 1 heterocycles. The number of carboxylic acid groups (broad SMARTS) is 1. The molecule has 0 saturated heterocycles. The van der Waals surface area contributed by atoms with Crippen LogP contribution in [0.15, 0.2) is 77.4 Å². The van der Waals surface area contributed by atoms with E-state index in [2.05, 4.69) is 10.4 Å². The molecule has 0 aliphatic carbocycles. The van der Waals surface area contributed by atoms with Crippen LogP contribution in [0.25, 0.3) is 6.08 Å². The second-order valence-electron chi connectivity index (χ2n) is 8.65. The summed E-state index contributed by atoms with van der Waals surface area (Å²) >= 11 is 0. The minimum absolute atomic E-state index is 0.124. The molecule has 3 aromatic rings. The fourth-order valence-electron chi connectivity index (χ4n) is 3.95. The molecule has 10 nitrogen and oxygen atoms in total. The summed E-state index contributed by atoms with van der Waals surface area (Å²) in [6.07, 6.45) is -3.99. The van der Waals surface area contributed by atoms with E-state index in [1.165, 1.54) is 43.5 Å². The number of halogens is 3. The van der Waals surface area contributed by atoms with Crippen molar-refractivity contribution in [3.05, 3.63) is 83.4 Å². The number of rotatable bonds is 10. The predicted octanol–water partition coefficient (Wildman–Crippen LogP) is 5.16. The average molecular weight is 584 g/mol.